The Bertz CT molecular complexity index is 614. The minimum Gasteiger partial charge on any atom is -0.364 e. The first kappa shape index (κ1) is 16.2. The van der Waals surface area contributed by atoms with Crippen molar-refractivity contribution in [2.24, 2.45) is 11.7 Å². The molecular weight excluding hydrogens is 312 g/mol. The zero-order chi connectivity index (χ0) is 15.6. The van der Waals surface area contributed by atoms with Gasteiger partial charge < -0.3 is 10.6 Å². The van der Waals surface area contributed by atoms with Crippen molar-refractivity contribution < 1.29 is 13.2 Å². The summed E-state index contributed by atoms with van der Waals surface area (Å²) in [5.41, 5.74) is 5.46. The molecule has 1 aliphatic rings. The molecule has 0 aromatic carbocycles. The van der Waals surface area contributed by atoms with E-state index in [1.807, 2.05) is 4.90 Å². The molecular formula is C12H20N4O3S2. The third-order valence-corrected chi connectivity index (χ3v) is 5.11. The highest BCUT2D eigenvalue weighted by molar-refractivity contribution is 7.88. The number of carbonyl (C=O) groups excluding carboxylic acids is 1. The highest BCUT2D eigenvalue weighted by Crippen LogP contribution is 2.29. The van der Waals surface area contributed by atoms with Gasteiger partial charge in [0.2, 0.25) is 10.0 Å². The Hall–Kier alpha value is -1.19. The van der Waals surface area contributed by atoms with Gasteiger partial charge in [-0.3, -0.25) is 4.79 Å². The second kappa shape index (κ2) is 6.29. The highest BCUT2D eigenvalue weighted by Gasteiger charge is 2.35. The van der Waals surface area contributed by atoms with Crippen molar-refractivity contribution >= 4 is 32.4 Å². The Morgan fingerprint density at radius 2 is 2.29 bits per heavy atom. The molecule has 1 aromatic heterocycles. The Labute approximate surface area is 128 Å². The van der Waals surface area contributed by atoms with Crippen LogP contribution in [0.5, 0.6) is 0 Å². The van der Waals surface area contributed by atoms with Crippen LogP contribution in [-0.2, 0) is 10.0 Å². The van der Waals surface area contributed by atoms with Gasteiger partial charge in [0.15, 0.2) is 5.13 Å². The molecule has 0 unspecified atom stereocenters. The number of aromatic nitrogens is 1. The van der Waals surface area contributed by atoms with Gasteiger partial charge >= 0.3 is 0 Å². The quantitative estimate of drug-likeness (QED) is 0.784. The van der Waals surface area contributed by atoms with Crippen LogP contribution in [0.4, 0.5) is 5.13 Å². The topological polar surface area (TPSA) is 105 Å². The van der Waals surface area contributed by atoms with Gasteiger partial charge in [-0.2, -0.15) is 0 Å². The number of sulfonamides is 1. The lowest BCUT2D eigenvalue weighted by molar-refractivity contribution is 0.0996. The predicted molar refractivity (Wildman–Crippen MR) is 83.0 cm³/mol. The van der Waals surface area contributed by atoms with E-state index in [4.69, 9.17) is 5.73 Å². The van der Waals surface area contributed by atoms with Crippen LogP contribution in [0, 0.1) is 5.92 Å². The lowest BCUT2D eigenvalue weighted by Crippen LogP contribution is -2.39. The van der Waals surface area contributed by atoms with E-state index in [0.29, 0.717) is 11.7 Å². The van der Waals surface area contributed by atoms with Crippen molar-refractivity contribution in [3.8, 4) is 0 Å². The second-order valence-corrected chi connectivity index (χ2v) is 7.95. The standard InChI is InChI=1S/C12H20N4O3S2/c1-3-4-8-5-16(6-9(8)15-21(2,18)19)12-14-10(7-20-12)11(13)17/h7-9,15H,3-6H2,1-2H3,(H2,13,17)/t8-,9-/m1/s1. The summed E-state index contributed by atoms with van der Waals surface area (Å²) in [6.45, 7) is 3.37. The highest BCUT2D eigenvalue weighted by atomic mass is 32.2. The van der Waals surface area contributed by atoms with Gasteiger partial charge in [-0.15, -0.1) is 11.3 Å². The van der Waals surface area contributed by atoms with E-state index in [2.05, 4.69) is 16.6 Å². The first-order valence-corrected chi connectivity index (χ1v) is 9.55. The molecule has 2 atom stereocenters. The molecule has 1 amide bonds. The zero-order valence-corrected chi connectivity index (χ0v) is 13.7. The van der Waals surface area contributed by atoms with Crippen molar-refractivity contribution in [2.45, 2.75) is 25.8 Å². The minimum atomic E-state index is -3.24. The van der Waals surface area contributed by atoms with Crippen molar-refractivity contribution in [1.82, 2.24) is 9.71 Å². The molecule has 3 N–H and O–H groups in total. The fourth-order valence-electron chi connectivity index (χ4n) is 2.62. The number of hydrogen-bond acceptors (Lipinski definition) is 6. The van der Waals surface area contributed by atoms with E-state index in [-0.39, 0.29) is 17.7 Å². The van der Waals surface area contributed by atoms with Crippen LogP contribution in [0.2, 0.25) is 0 Å². The monoisotopic (exact) mass is 332 g/mol. The molecule has 2 heterocycles. The predicted octanol–water partition coefficient (Wildman–Crippen LogP) is 0.396. The summed E-state index contributed by atoms with van der Waals surface area (Å²) >= 11 is 1.35. The third-order valence-electron chi connectivity index (χ3n) is 3.48. The average Bonchev–Trinajstić information content (AvgIpc) is 2.95. The summed E-state index contributed by atoms with van der Waals surface area (Å²) in [5.74, 6) is -0.307. The maximum absolute atomic E-state index is 11.5. The van der Waals surface area contributed by atoms with E-state index in [9.17, 15) is 13.2 Å². The summed E-state index contributed by atoms with van der Waals surface area (Å²) < 4.78 is 25.6. The van der Waals surface area contributed by atoms with E-state index >= 15 is 0 Å². The van der Waals surface area contributed by atoms with E-state index in [1.54, 1.807) is 5.38 Å². The Morgan fingerprint density at radius 3 is 2.81 bits per heavy atom. The van der Waals surface area contributed by atoms with E-state index < -0.39 is 15.9 Å². The molecule has 0 radical (unpaired) electrons. The van der Waals surface area contributed by atoms with Crippen LogP contribution < -0.4 is 15.4 Å². The molecule has 0 spiro atoms. The normalized spacial score (nSPS) is 22.7. The van der Waals surface area contributed by atoms with Gasteiger partial charge in [0.25, 0.3) is 5.91 Å². The third kappa shape index (κ3) is 4.14. The Morgan fingerprint density at radius 1 is 1.57 bits per heavy atom. The van der Waals surface area contributed by atoms with Crippen LogP contribution in [0.3, 0.4) is 0 Å². The molecule has 2 rings (SSSR count). The number of nitrogens with two attached hydrogens (primary N) is 1. The minimum absolute atomic E-state index is 0.124. The number of carbonyl (C=O) groups is 1. The van der Waals surface area contributed by atoms with Crippen molar-refractivity contribution in [1.29, 1.82) is 0 Å². The number of anilines is 1. The first-order valence-electron chi connectivity index (χ1n) is 6.77. The van der Waals surface area contributed by atoms with Gasteiger partial charge in [-0.05, 0) is 12.3 Å². The average molecular weight is 332 g/mol. The molecule has 0 aliphatic carbocycles. The number of nitrogens with one attached hydrogen (secondary N) is 1. The Kier molecular flexibility index (Phi) is 4.84. The molecule has 118 valence electrons. The largest absolute Gasteiger partial charge is 0.364 e. The summed E-state index contributed by atoms with van der Waals surface area (Å²) in [7, 11) is -3.24. The lowest BCUT2D eigenvalue weighted by Gasteiger charge is -2.17. The lowest BCUT2D eigenvalue weighted by atomic mass is 9.99. The van der Waals surface area contributed by atoms with E-state index in [0.717, 1.165) is 19.4 Å². The van der Waals surface area contributed by atoms with E-state index in [1.165, 1.54) is 17.6 Å². The zero-order valence-electron chi connectivity index (χ0n) is 12.1. The summed E-state index contributed by atoms with van der Waals surface area (Å²) in [5, 5.41) is 2.34. The molecule has 1 aromatic rings. The first-order chi connectivity index (χ1) is 9.80. The van der Waals surface area contributed by atoms with Crippen molar-refractivity contribution in [3.63, 3.8) is 0 Å². The summed E-state index contributed by atoms with van der Waals surface area (Å²) in [6, 6.07) is -0.124. The number of amides is 1. The van der Waals surface area contributed by atoms with Gasteiger partial charge in [0.1, 0.15) is 5.69 Å². The molecule has 1 saturated heterocycles. The molecule has 1 fully saturated rings. The van der Waals surface area contributed by atoms with Crippen LogP contribution in [-0.4, -0.2) is 44.7 Å². The fourth-order valence-corrected chi connectivity index (χ4v) is 4.27. The number of thiazole rings is 1. The molecule has 0 saturated carbocycles. The van der Waals surface area contributed by atoms with Gasteiger partial charge in [0.05, 0.1) is 6.26 Å². The van der Waals surface area contributed by atoms with Crippen LogP contribution >= 0.6 is 11.3 Å². The summed E-state index contributed by atoms with van der Waals surface area (Å²) in [6.07, 6.45) is 3.11. The number of primary amides is 1. The van der Waals surface area contributed by atoms with Crippen LogP contribution in [0.25, 0.3) is 0 Å². The number of hydrogen-bond donors (Lipinski definition) is 2. The molecule has 7 nitrogen and oxygen atoms in total. The number of rotatable bonds is 6. The van der Waals surface area contributed by atoms with Crippen LogP contribution in [0.15, 0.2) is 5.38 Å². The van der Waals surface area contributed by atoms with Gasteiger partial charge in [-0.1, -0.05) is 13.3 Å². The van der Waals surface area contributed by atoms with Gasteiger partial charge in [0, 0.05) is 24.5 Å². The molecule has 1 aliphatic heterocycles. The fraction of sp³-hybridized carbons (Fsp3) is 0.667. The maximum atomic E-state index is 11.5. The number of nitrogens with zero attached hydrogens (tertiary/aromatic N) is 2. The molecule has 9 heteroatoms. The smallest absolute Gasteiger partial charge is 0.268 e. The molecule has 0 bridgehead atoms. The molecule has 21 heavy (non-hydrogen) atoms. The van der Waals surface area contributed by atoms with Gasteiger partial charge in [-0.25, -0.2) is 18.1 Å². The summed E-state index contributed by atoms with van der Waals surface area (Å²) in [4.78, 5) is 17.3. The van der Waals surface area contributed by atoms with Crippen LogP contribution in [0.1, 0.15) is 30.3 Å². The maximum Gasteiger partial charge on any atom is 0.268 e. The SMILES string of the molecule is CCC[C@@H]1CN(c2nc(C(N)=O)cs2)C[C@H]1NS(C)(=O)=O. The van der Waals surface area contributed by atoms with Crippen molar-refractivity contribution in [2.75, 3.05) is 24.2 Å². The second-order valence-electron chi connectivity index (χ2n) is 5.33. The Balaban J connectivity index is 2.13. The van der Waals surface area contributed by atoms with Crippen molar-refractivity contribution in [3.05, 3.63) is 11.1 Å².